The molecule has 1 aliphatic heterocycles. The van der Waals surface area contributed by atoms with Crippen molar-refractivity contribution in [3.8, 4) is 22.1 Å². The van der Waals surface area contributed by atoms with Crippen molar-refractivity contribution in [1.82, 2.24) is 15.2 Å². The van der Waals surface area contributed by atoms with E-state index in [-0.39, 0.29) is 17.3 Å². The third-order valence-electron chi connectivity index (χ3n) is 4.88. The number of methoxy groups -OCH3 is 1. The maximum atomic E-state index is 13.2. The molecule has 35 heavy (non-hydrogen) atoms. The molecule has 184 valence electrons. The summed E-state index contributed by atoms with van der Waals surface area (Å²) in [5.74, 6) is -0.0245. The van der Waals surface area contributed by atoms with E-state index in [0.717, 1.165) is 11.3 Å². The fourth-order valence-electron chi connectivity index (χ4n) is 3.47. The topological polar surface area (TPSA) is 116 Å². The van der Waals surface area contributed by atoms with Crippen molar-refractivity contribution in [2.45, 2.75) is 33.3 Å². The van der Waals surface area contributed by atoms with E-state index in [1.165, 1.54) is 18.2 Å². The molecule has 0 radical (unpaired) electrons. The van der Waals surface area contributed by atoms with E-state index in [9.17, 15) is 9.59 Å². The van der Waals surface area contributed by atoms with Crippen LogP contribution < -0.4 is 19.7 Å². The van der Waals surface area contributed by atoms with Crippen molar-refractivity contribution >= 4 is 45.8 Å². The van der Waals surface area contributed by atoms with Crippen LogP contribution in [-0.4, -0.2) is 53.0 Å². The molecule has 12 heteroatoms. The zero-order valence-corrected chi connectivity index (χ0v) is 21.4. The highest BCUT2D eigenvalue weighted by Gasteiger charge is 2.31. The van der Waals surface area contributed by atoms with Gasteiger partial charge < -0.3 is 14.2 Å². The van der Waals surface area contributed by atoms with Gasteiger partial charge >= 0.3 is 6.09 Å². The van der Waals surface area contributed by atoms with Crippen LogP contribution >= 0.6 is 22.9 Å². The monoisotopic (exact) mass is 517 g/mol. The first-order chi connectivity index (χ1) is 16.6. The van der Waals surface area contributed by atoms with Crippen LogP contribution in [0.25, 0.3) is 11.1 Å². The fraction of sp³-hybridized carbons (Fsp3) is 0.348. The maximum Gasteiger partial charge on any atom is 0.415 e. The quantitative estimate of drug-likeness (QED) is 0.516. The number of amides is 2. The SMILES string of the molecule is COc1nnc(NC(=O)c2cnc(C)cc2-c2cc(Cl)cc3c2OCCN3C(=O)OC(C)(C)C)s1. The van der Waals surface area contributed by atoms with Crippen molar-refractivity contribution in [2.24, 2.45) is 0 Å². The Kier molecular flexibility index (Phi) is 6.82. The Morgan fingerprint density at radius 1 is 1.20 bits per heavy atom. The van der Waals surface area contributed by atoms with Gasteiger partial charge in [-0.3, -0.25) is 20.0 Å². The number of benzene rings is 1. The van der Waals surface area contributed by atoms with Gasteiger partial charge in [0.05, 0.1) is 24.9 Å². The number of hydrogen-bond donors (Lipinski definition) is 1. The molecule has 10 nitrogen and oxygen atoms in total. The van der Waals surface area contributed by atoms with Crippen LogP contribution in [0.1, 0.15) is 36.8 Å². The van der Waals surface area contributed by atoms with E-state index >= 15 is 0 Å². The van der Waals surface area contributed by atoms with Crippen LogP contribution in [0, 0.1) is 6.92 Å². The molecule has 2 aromatic heterocycles. The van der Waals surface area contributed by atoms with Crippen molar-refractivity contribution in [3.63, 3.8) is 0 Å². The van der Waals surface area contributed by atoms with Gasteiger partial charge in [-0.15, -0.1) is 5.10 Å². The lowest BCUT2D eigenvalue weighted by atomic mass is 9.97. The molecule has 3 aromatic rings. The van der Waals surface area contributed by atoms with Crippen LogP contribution in [0.15, 0.2) is 24.4 Å². The molecule has 0 spiro atoms. The summed E-state index contributed by atoms with van der Waals surface area (Å²) in [6.07, 6.45) is 0.962. The largest absolute Gasteiger partial charge is 0.489 e. The second-order valence-corrected chi connectivity index (χ2v) is 10.1. The molecule has 1 N–H and O–H groups in total. The molecule has 1 aromatic carbocycles. The second kappa shape index (κ2) is 9.67. The van der Waals surface area contributed by atoms with Crippen molar-refractivity contribution in [3.05, 3.63) is 40.7 Å². The number of ether oxygens (including phenoxy) is 3. The molecule has 1 aliphatic rings. The van der Waals surface area contributed by atoms with Gasteiger partial charge in [-0.1, -0.05) is 16.7 Å². The first-order valence-electron chi connectivity index (χ1n) is 10.7. The number of carbonyl (C=O) groups is 2. The minimum atomic E-state index is -0.669. The number of nitrogens with one attached hydrogen (secondary N) is 1. The first kappa shape index (κ1) is 24.7. The molecule has 0 unspecified atom stereocenters. The van der Waals surface area contributed by atoms with Crippen LogP contribution in [0.4, 0.5) is 15.6 Å². The van der Waals surface area contributed by atoms with Gasteiger partial charge in [-0.25, -0.2) is 4.79 Å². The molecule has 0 atom stereocenters. The third kappa shape index (κ3) is 5.46. The summed E-state index contributed by atoms with van der Waals surface area (Å²) < 4.78 is 16.6. The van der Waals surface area contributed by atoms with Crippen molar-refractivity contribution in [1.29, 1.82) is 0 Å². The van der Waals surface area contributed by atoms with Gasteiger partial charge in [0.15, 0.2) is 5.75 Å². The summed E-state index contributed by atoms with van der Waals surface area (Å²) in [6.45, 7) is 7.75. The van der Waals surface area contributed by atoms with Gasteiger partial charge in [0.25, 0.3) is 11.1 Å². The van der Waals surface area contributed by atoms with Crippen molar-refractivity contribution in [2.75, 3.05) is 30.5 Å². The number of rotatable bonds is 4. The Morgan fingerprint density at radius 3 is 2.66 bits per heavy atom. The predicted molar refractivity (Wildman–Crippen MR) is 133 cm³/mol. The second-order valence-electron chi connectivity index (χ2n) is 8.68. The molecular weight excluding hydrogens is 494 g/mol. The molecule has 4 rings (SSSR count). The lowest BCUT2D eigenvalue weighted by molar-refractivity contribution is 0.0567. The summed E-state index contributed by atoms with van der Waals surface area (Å²) in [4.78, 5) is 31.9. The highest BCUT2D eigenvalue weighted by Crippen LogP contribution is 2.44. The normalized spacial score (nSPS) is 13.0. The third-order valence-corrected chi connectivity index (χ3v) is 5.90. The molecule has 2 amide bonds. The lowest BCUT2D eigenvalue weighted by Gasteiger charge is -2.33. The van der Waals surface area contributed by atoms with Gasteiger partial charge in [0.1, 0.15) is 12.2 Å². The van der Waals surface area contributed by atoms with Crippen molar-refractivity contribution < 1.29 is 23.8 Å². The zero-order chi connectivity index (χ0) is 25.3. The Balaban J connectivity index is 1.77. The molecule has 0 fully saturated rings. The highest BCUT2D eigenvalue weighted by molar-refractivity contribution is 7.17. The number of nitrogens with zero attached hydrogens (tertiary/aromatic N) is 4. The van der Waals surface area contributed by atoms with E-state index in [2.05, 4.69) is 20.5 Å². The highest BCUT2D eigenvalue weighted by atomic mass is 35.5. The minimum Gasteiger partial charge on any atom is -0.489 e. The van der Waals surface area contributed by atoms with Gasteiger partial charge in [-0.05, 0) is 57.2 Å². The van der Waals surface area contributed by atoms with Crippen LogP contribution in [0.5, 0.6) is 10.9 Å². The number of anilines is 2. The first-order valence-corrected chi connectivity index (χ1v) is 11.9. The molecular formula is C23H24ClN5O5S. The lowest BCUT2D eigenvalue weighted by Crippen LogP contribution is -2.41. The smallest absolute Gasteiger partial charge is 0.415 e. The average Bonchev–Trinajstić information content (AvgIpc) is 3.24. The summed E-state index contributed by atoms with van der Waals surface area (Å²) in [7, 11) is 1.47. The summed E-state index contributed by atoms with van der Waals surface area (Å²) in [5.41, 5.74) is 1.83. The number of carbonyl (C=O) groups excluding carboxylic acids is 2. The van der Waals surface area contributed by atoms with Gasteiger partial charge in [-0.2, -0.15) is 0 Å². The fourth-order valence-corrected chi connectivity index (χ4v) is 4.24. The van der Waals surface area contributed by atoms with Crippen LogP contribution in [0.3, 0.4) is 0 Å². The van der Waals surface area contributed by atoms with E-state index in [0.29, 0.717) is 45.0 Å². The minimum absolute atomic E-state index is 0.247. The average molecular weight is 518 g/mol. The molecule has 3 heterocycles. The predicted octanol–water partition coefficient (Wildman–Crippen LogP) is 4.96. The van der Waals surface area contributed by atoms with E-state index in [1.54, 1.807) is 39.0 Å². The molecule has 0 saturated heterocycles. The van der Waals surface area contributed by atoms with E-state index in [4.69, 9.17) is 25.8 Å². The maximum absolute atomic E-state index is 13.2. The Bertz CT molecular complexity index is 1290. The molecule has 0 bridgehead atoms. The number of aromatic nitrogens is 3. The van der Waals surface area contributed by atoms with Crippen LogP contribution in [0.2, 0.25) is 5.02 Å². The standard InChI is InChI=1S/C23H24ClN5O5S/c1-12-8-14(16(11-25-12)19(30)26-20-27-28-21(32-5)35-20)15-9-13(24)10-17-18(15)33-7-6-29(17)22(31)34-23(2,3)4/h8-11H,6-7H2,1-5H3,(H,26,27,30). The number of fused-ring (bicyclic) bond motifs is 1. The number of hydrogen-bond acceptors (Lipinski definition) is 9. The molecule has 0 saturated carbocycles. The number of pyridine rings is 1. The number of halogens is 1. The Morgan fingerprint density at radius 2 is 1.97 bits per heavy atom. The Labute approximate surface area is 211 Å². The summed E-state index contributed by atoms with van der Waals surface area (Å²) in [6, 6.07) is 5.10. The zero-order valence-electron chi connectivity index (χ0n) is 19.8. The van der Waals surface area contributed by atoms with Crippen LogP contribution in [-0.2, 0) is 4.74 Å². The summed E-state index contributed by atoms with van der Waals surface area (Å²) >= 11 is 7.57. The number of aryl methyl sites for hydroxylation is 1. The molecule has 0 aliphatic carbocycles. The van der Waals surface area contributed by atoms with Gasteiger partial charge in [0, 0.05) is 28.0 Å². The van der Waals surface area contributed by atoms with E-state index in [1.807, 2.05) is 6.92 Å². The Hall–Kier alpha value is -3.44. The summed E-state index contributed by atoms with van der Waals surface area (Å²) in [5, 5.41) is 11.4. The van der Waals surface area contributed by atoms with E-state index < -0.39 is 17.6 Å². The van der Waals surface area contributed by atoms with Gasteiger partial charge in [0.2, 0.25) is 5.13 Å².